The number of carbonyl (C=O) groups is 1. The van der Waals surface area contributed by atoms with Gasteiger partial charge in [0.05, 0.1) is 16.6 Å². The fourth-order valence-electron chi connectivity index (χ4n) is 2.11. The lowest BCUT2D eigenvalue weighted by Crippen LogP contribution is -2.41. The second-order valence-corrected chi connectivity index (χ2v) is 6.73. The van der Waals surface area contributed by atoms with Crippen molar-refractivity contribution in [2.75, 3.05) is 6.54 Å². The largest absolute Gasteiger partial charge is 0.444 e. The number of carbonyl (C=O) groups excluding carboxylic acids is 1. The molecule has 19 heavy (non-hydrogen) atoms. The molecule has 0 saturated carbocycles. The highest BCUT2D eigenvalue weighted by Gasteiger charge is 2.33. The molecule has 104 valence electrons. The summed E-state index contributed by atoms with van der Waals surface area (Å²) in [6.45, 7) is 12.1. The van der Waals surface area contributed by atoms with E-state index in [1.165, 1.54) is 0 Å². The van der Waals surface area contributed by atoms with Crippen molar-refractivity contribution >= 4 is 23.5 Å². The molecule has 1 aliphatic heterocycles. The number of hydrogen-bond acceptors (Lipinski definition) is 4. The summed E-state index contributed by atoms with van der Waals surface area (Å²) >= 11 is 1.60. The van der Waals surface area contributed by atoms with Crippen LogP contribution in [0.15, 0.2) is 6.58 Å². The zero-order valence-electron chi connectivity index (χ0n) is 11.9. The van der Waals surface area contributed by atoms with Gasteiger partial charge in [0.15, 0.2) is 0 Å². The molecule has 0 spiro atoms. The second-order valence-electron chi connectivity index (χ2n) is 5.67. The molecule has 0 fully saturated rings. The number of fused-ring (bicyclic) bond motifs is 1. The SMILES string of the molecule is C=Cc1nc2c(s1)[C@@H](C)N(C(=O)OC(C)(C)C)CC2. The molecule has 1 aliphatic rings. The Kier molecular flexibility index (Phi) is 3.67. The summed E-state index contributed by atoms with van der Waals surface area (Å²) in [6, 6.07) is 0.0183. The molecule has 5 heteroatoms. The van der Waals surface area contributed by atoms with Gasteiger partial charge in [0.1, 0.15) is 10.6 Å². The van der Waals surface area contributed by atoms with Gasteiger partial charge in [-0.05, 0) is 33.8 Å². The quantitative estimate of drug-likeness (QED) is 0.788. The first-order valence-corrected chi connectivity index (χ1v) is 7.25. The van der Waals surface area contributed by atoms with E-state index >= 15 is 0 Å². The van der Waals surface area contributed by atoms with Gasteiger partial charge in [0.2, 0.25) is 0 Å². The standard InChI is InChI=1S/C14H20N2O2S/c1-6-11-15-10-7-8-16(9(2)12(10)19-11)13(17)18-14(3,4)5/h6,9H,1,7-8H2,2-5H3/t9-/m1/s1. The Morgan fingerprint density at radius 3 is 2.84 bits per heavy atom. The van der Waals surface area contributed by atoms with E-state index in [1.807, 2.05) is 27.7 Å². The van der Waals surface area contributed by atoms with Crippen LogP contribution >= 0.6 is 11.3 Å². The van der Waals surface area contributed by atoms with Gasteiger partial charge in [-0.3, -0.25) is 0 Å². The van der Waals surface area contributed by atoms with Crippen LogP contribution in [0.2, 0.25) is 0 Å². The third-order valence-corrected chi connectivity index (χ3v) is 4.25. The van der Waals surface area contributed by atoms with Crippen molar-refractivity contribution in [2.45, 2.75) is 45.8 Å². The average Bonchev–Trinajstić information content (AvgIpc) is 2.71. The fourth-order valence-corrected chi connectivity index (χ4v) is 3.13. The minimum Gasteiger partial charge on any atom is -0.444 e. The molecule has 0 radical (unpaired) electrons. The van der Waals surface area contributed by atoms with Crippen LogP contribution in [0.3, 0.4) is 0 Å². The van der Waals surface area contributed by atoms with Crippen LogP contribution < -0.4 is 0 Å². The summed E-state index contributed by atoms with van der Waals surface area (Å²) in [4.78, 5) is 19.6. The van der Waals surface area contributed by atoms with E-state index in [-0.39, 0.29) is 12.1 Å². The van der Waals surface area contributed by atoms with Gasteiger partial charge >= 0.3 is 6.09 Å². The first-order valence-electron chi connectivity index (χ1n) is 6.43. The zero-order chi connectivity index (χ0) is 14.2. The molecule has 1 amide bonds. The van der Waals surface area contributed by atoms with E-state index in [0.717, 1.165) is 22.0 Å². The van der Waals surface area contributed by atoms with Crippen molar-refractivity contribution in [1.29, 1.82) is 0 Å². The maximum absolute atomic E-state index is 12.2. The van der Waals surface area contributed by atoms with Gasteiger partial charge in [-0.2, -0.15) is 0 Å². The number of hydrogen-bond donors (Lipinski definition) is 0. The number of nitrogens with zero attached hydrogens (tertiary/aromatic N) is 2. The summed E-state index contributed by atoms with van der Waals surface area (Å²) in [5.41, 5.74) is 0.629. The summed E-state index contributed by atoms with van der Waals surface area (Å²) in [5.74, 6) is 0. The van der Waals surface area contributed by atoms with Crippen molar-refractivity contribution in [3.05, 3.63) is 22.2 Å². The molecule has 0 saturated heterocycles. The van der Waals surface area contributed by atoms with Gasteiger partial charge < -0.3 is 9.64 Å². The number of ether oxygens (including phenoxy) is 1. The topological polar surface area (TPSA) is 42.4 Å². The van der Waals surface area contributed by atoms with Crippen LogP contribution in [0.1, 0.15) is 49.3 Å². The average molecular weight is 280 g/mol. The molecule has 0 aliphatic carbocycles. The molecule has 2 heterocycles. The van der Waals surface area contributed by atoms with Crippen LogP contribution in [0.5, 0.6) is 0 Å². The Morgan fingerprint density at radius 1 is 1.58 bits per heavy atom. The van der Waals surface area contributed by atoms with E-state index in [0.29, 0.717) is 6.54 Å². The van der Waals surface area contributed by atoms with Gasteiger partial charge in [0.25, 0.3) is 0 Å². The van der Waals surface area contributed by atoms with Crippen LogP contribution in [-0.2, 0) is 11.2 Å². The number of aromatic nitrogens is 1. The monoisotopic (exact) mass is 280 g/mol. The normalized spacial score (nSPS) is 18.9. The third kappa shape index (κ3) is 2.97. The highest BCUT2D eigenvalue weighted by molar-refractivity contribution is 7.12. The van der Waals surface area contributed by atoms with Gasteiger partial charge in [-0.25, -0.2) is 9.78 Å². The van der Waals surface area contributed by atoms with Gasteiger partial charge in [-0.15, -0.1) is 11.3 Å². The molecule has 0 bridgehead atoms. The smallest absolute Gasteiger partial charge is 0.410 e. The first kappa shape index (κ1) is 14.1. The summed E-state index contributed by atoms with van der Waals surface area (Å²) in [5, 5.41) is 0.919. The molecule has 0 aromatic carbocycles. The van der Waals surface area contributed by atoms with Crippen LogP contribution in [0.25, 0.3) is 6.08 Å². The number of amides is 1. The van der Waals surface area contributed by atoms with E-state index in [2.05, 4.69) is 11.6 Å². The lowest BCUT2D eigenvalue weighted by molar-refractivity contribution is 0.0162. The Bertz CT molecular complexity index is 502. The van der Waals surface area contributed by atoms with E-state index in [1.54, 1.807) is 22.3 Å². The molecule has 2 rings (SSSR count). The zero-order valence-corrected chi connectivity index (χ0v) is 12.7. The van der Waals surface area contributed by atoms with Gasteiger partial charge in [0, 0.05) is 13.0 Å². The lowest BCUT2D eigenvalue weighted by Gasteiger charge is -2.34. The third-order valence-electron chi connectivity index (χ3n) is 2.98. The van der Waals surface area contributed by atoms with Crippen molar-refractivity contribution in [1.82, 2.24) is 9.88 Å². The predicted octanol–water partition coefficient (Wildman–Crippen LogP) is 3.64. The van der Waals surface area contributed by atoms with Crippen molar-refractivity contribution in [3.63, 3.8) is 0 Å². The first-order chi connectivity index (χ1) is 8.81. The maximum atomic E-state index is 12.2. The molecule has 1 aromatic heterocycles. The van der Waals surface area contributed by atoms with Crippen LogP contribution in [-0.4, -0.2) is 28.1 Å². The van der Waals surface area contributed by atoms with Crippen molar-refractivity contribution in [2.24, 2.45) is 0 Å². The summed E-state index contributed by atoms with van der Waals surface area (Å²) in [6.07, 6.45) is 2.29. The maximum Gasteiger partial charge on any atom is 0.410 e. The van der Waals surface area contributed by atoms with Crippen LogP contribution in [0, 0.1) is 0 Å². The molecule has 1 aromatic rings. The van der Waals surface area contributed by atoms with Crippen molar-refractivity contribution in [3.8, 4) is 0 Å². The van der Waals surface area contributed by atoms with E-state index < -0.39 is 5.60 Å². The molecular weight excluding hydrogens is 260 g/mol. The molecule has 0 unspecified atom stereocenters. The van der Waals surface area contributed by atoms with Crippen molar-refractivity contribution < 1.29 is 9.53 Å². The second kappa shape index (κ2) is 4.96. The Labute approximate surface area is 118 Å². The minimum atomic E-state index is -0.461. The minimum absolute atomic E-state index is 0.0183. The Balaban J connectivity index is 2.18. The van der Waals surface area contributed by atoms with Crippen LogP contribution in [0.4, 0.5) is 4.79 Å². The molecular formula is C14H20N2O2S. The summed E-state index contributed by atoms with van der Waals surface area (Å²) < 4.78 is 5.45. The number of thiazole rings is 1. The lowest BCUT2D eigenvalue weighted by atomic mass is 10.1. The predicted molar refractivity (Wildman–Crippen MR) is 77.3 cm³/mol. The Hall–Kier alpha value is -1.36. The highest BCUT2D eigenvalue weighted by atomic mass is 32.1. The number of rotatable bonds is 1. The van der Waals surface area contributed by atoms with E-state index in [9.17, 15) is 4.79 Å². The fraction of sp³-hybridized carbons (Fsp3) is 0.571. The van der Waals surface area contributed by atoms with Gasteiger partial charge in [-0.1, -0.05) is 6.58 Å². The highest BCUT2D eigenvalue weighted by Crippen LogP contribution is 2.35. The molecule has 0 N–H and O–H groups in total. The molecule has 4 nitrogen and oxygen atoms in total. The Morgan fingerprint density at radius 2 is 2.26 bits per heavy atom. The molecule has 1 atom stereocenters. The van der Waals surface area contributed by atoms with E-state index in [4.69, 9.17) is 4.74 Å². The summed E-state index contributed by atoms with van der Waals surface area (Å²) in [7, 11) is 0.